The first kappa shape index (κ1) is 19.1. The molecule has 0 spiro atoms. The van der Waals surface area contributed by atoms with Crippen LogP contribution in [-0.2, 0) is 0 Å². The lowest BCUT2D eigenvalue weighted by Gasteiger charge is -2.27. The molecule has 7 nitrogen and oxygen atoms in total. The maximum absolute atomic E-state index is 12.5. The van der Waals surface area contributed by atoms with E-state index in [0.29, 0.717) is 21.6 Å². The van der Waals surface area contributed by atoms with E-state index in [9.17, 15) is 9.59 Å². The zero-order chi connectivity index (χ0) is 19.7. The van der Waals surface area contributed by atoms with E-state index in [-0.39, 0.29) is 29.6 Å². The van der Waals surface area contributed by atoms with Crippen molar-refractivity contribution in [1.29, 1.82) is 0 Å². The topological polar surface area (TPSA) is 110 Å². The molecule has 2 atom stereocenters. The molecule has 0 aliphatic heterocycles. The van der Waals surface area contributed by atoms with Crippen LogP contribution < -0.4 is 16.4 Å². The summed E-state index contributed by atoms with van der Waals surface area (Å²) < 4.78 is 5.85. The molecule has 0 radical (unpaired) electrons. The predicted octanol–water partition coefficient (Wildman–Crippen LogP) is 3.57. The lowest BCUT2D eigenvalue weighted by atomic mass is 9.91. The van der Waals surface area contributed by atoms with Crippen molar-refractivity contribution in [3.8, 4) is 0 Å². The van der Waals surface area contributed by atoms with E-state index >= 15 is 0 Å². The van der Waals surface area contributed by atoms with Crippen LogP contribution in [-0.4, -0.2) is 29.1 Å². The summed E-state index contributed by atoms with van der Waals surface area (Å²) in [6.45, 7) is 0. The number of anilines is 1. The summed E-state index contributed by atoms with van der Waals surface area (Å²) in [4.78, 5) is 24.9. The summed E-state index contributed by atoms with van der Waals surface area (Å²) in [5.74, 6) is 0.684. The Hall–Kier alpha value is -2.19. The van der Waals surface area contributed by atoms with Crippen LogP contribution in [0, 0.1) is 0 Å². The molecule has 2 unspecified atom stereocenters. The van der Waals surface area contributed by atoms with Gasteiger partial charge >= 0.3 is 0 Å². The maximum atomic E-state index is 12.5. The van der Waals surface area contributed by atoms with Gasteiger partial charge in [-0.3, -0.25) is 9.59 Å². The number of carbonyl (C=O) groups is 2. The predicted molar refractivity (Wildman–Crippen MR) is 108 cm³/mol. The Labute approximate surface area is 171 Å². The summed E-state index contributed by atoms with van der Waals surface area (Å²) in [6.07, 6.45) is 5.97. The van der Waals surface area contributed by atoms with Gasteiger partial charge in [-0.25, -0.2) is 0 Å². The van der Waals surface area contributed by atoms with E-state index in [0.717, 1.165) is 44.3 Å². The van der Waals surface area contributed by atoms with Crippen molar-refractivity contribution in [2.24, 2.45) is 5.73 Å². The van der Waals surface area contributed by atoms with Crippen molar-refractivity contribution in [2.45, 2.75) is 56.5 Å². The molecule has 2 fully saturated rings. The number of halogens is 1. The molecule has 1 aromatic carbocycles. The average molecular weight is 447 g/mol. The highest BCUT2D eigenvalue weighted by Crippen LogP contribution is 2.40. The number of aromatic nitrogens is 1. The molecule has 28 heavy (non-hydrogen) atoms. The number of carbonyl (C=O) groups excluding carboxylic acids is 2. The number of hydrogen-bond acceptors (Lipinski definition) is 5. The molecule has 148 valence electrons. The van der Waals surface area contributed by atoms with E-state index in [1.165, 1.54) is 0 Å². The molecule has 8 heteroatoms. The van der Waals surface area contributed by atoms with Gasteiger partial charge in [0.05, 0.1) is 5.69 Å². The molecule has 2 aromatic rings. The lowest BCUT2D eigenvalue weighted by molar-refractivity contribution is 0.0925. The number of hydrogen-bond donors (Lipinski definition) is 3. The number of nitrogens with one attached hydrogen (secondary N) is 2. The van der Waals surface area contributed by atoms with Crippen LogP contribution in [0.1, 0.15) is 71.0 Å². The molecular formula is C20H23BrN4O3. The van der Waals surface area contributed by atoms with Gasteiger partial charge in [-0.05, 0) is 72.7 Å². The van der Waals surface area contributed by atoms with Crippen LogP contribution >= 0.6 is 15.9 Å². The van der Waals surface area contributed by atoms with Crippen LogP contribution in [0.15, 0.2) is 33.3 Å². The largest absolute Gasteiger partial charge is 0.360 e. The SMILES string of the molecule is NC1CCCC(NC(=O)c2ccc(NC(=O)c3cc(C4CC4)on3)c(Br)c2)C1. The van der Waals surface area contributed by atoms with Crippen molar-refractivity contribution in [1.82, 2.24) is 10.5 Å². The van der Waals surface area contributed by atoms with Crippen LogP contribution in [0.5, 0.6) is 0 Å². The summed E-state index contributed by atoms with van der Waals surface area (Å²) in [7, 11) is 0. The third-order valence-corrected chi connectivity index (χ3v) is 5.93. The van der Waals surface area contributed by atoms with Crippen molar-refractivity contribution in [3.63, 3.8) is 0 Å². The second-order valence-corrected chi connectivity index (χ2v) is 8.49. The van der Waals surface area contributed by atoms with Gasteiger partial charge in [0.2, 0.25) is 0 Å². The van der Waals surface area contributed by atoms with Crippen molar-refractivity contribution >= 4 is 33.4 Å². The quantitative estimate of drug-likeness (QED) is 0.649. The number of nitrogens with zero attached hydrogens (tertiary/aromatic N) is 1. The third-order valence-electron chi connectivity index (χ3n) is 5.27. The van der Waals surface area contributed by atoms with Crippen LogP contribution in [0.4, 0.5) is 5.69 Å². The first-order valence-corrected chi connectivity index (χ1v) is 10.4. The number of amides is 2. The summed E-state index contributed by atoms with van der Waals surface area (Å²) in [5.41, 5.74) is 7.34. The van der Waals surface area contributed by atoms with E-state index < -0.39 is 0 Å². The molecule has 1 heterocycles. The van der Waals surface area contributed by atoms with Gasteiger partial charge in [-0.1, -0.05) is 5.16 Å². The fourth-order valence-electron chi connectivity index (χ4n) is 3.53. The second-order valence-electron chi connectivity index (χ2n) is 7.63. The fourth-order valence-corrected chi connectivity index (χ4v) is 4.01. The molecular weight excluding hydrogens is 424 g/mol. The first-order valence-electron chi connectivity index (χ1n) is 9.63. The van der Waals surface area contributed by atoms with Crippen molar-refractivity contribution in [2.75, 3.05) is 5.32 Å². The van der Waals surface area contributed by atoms with Crippen LogP contribution in [0.3, 0.4) is 0 Å². The Kier molecular flexibility index (Phi) is 5.50. The zero-order valence-corrected chi connectivity index (χ0v) is 17.0. The van der Waals surface area contributed by atoms with Gasteiger partial charge in [-0.2, -0.15) is 0 Å². The summed E-state index contributed by atoms with van der Waals surface area (Å²) in [5, 5.41) is 9.69. The molecule has 4 N–H and O–H groups in total. The molecule has 0 saturated heterocycles. The van der Waals surface area contributed by atoms with Gasteiger partial charge in [0, 0.05) is 34.1 Å². The third kappa shape index (κ3) is 4.44. The molecule has 1 aromatic heterocycles. The van der Waals surface area contributed by atoms with Gasteiger partial charge in [0.25, 0.3) is 11.8 Å². The number of rotatable bonds is 5. The van der Waals surface area contributed by atoms with E-state index in [4.69, 9.17) is 10.3 Å². The Balaban J connectivity index is 1.39. The molecule has 4 rings (SSSR count). The second kappa shape index (κ2) is 8.05. The Morgan fingerprint density at radius 2 is 1.96 bits per heavy atom. The van der Waals surface area contributed by atoms with E-state index in [2.05, 4.69) is 31.7 Å². The average Bonchev–Trinajstić information content (AvgIpc) is 3.40. The molecule has 2 amide bonds. The van der Waals surface area contributed by atoms with Crippen molar-refractivity contribution < 1.29 is 14.1 Å². The minimum Gasteiger partial charge on any atom is -0.360 e. The van der Waals surface area contributed by atoms with Gasteiger partial charge in [0.15, 0.2) is 5.69 Å². The van der Waals surface area contributed by atoms with Crippen LogP contribution in [0.25, 0.3) is 0 Å². The highest BCUT2D eigenvalue weighted by atomic mass is 79.9. The number of benzene rings is 1. The number of nitrogens with two attached hydrogens (primary N) is 1. The van der Waals surface area contributed by atoms with E-state index in [1.807, 2.05) is 0 Å². The van der Waals surface area contributed by atoms with Gasteiger partial charge in [-0.15, -0.1) is 0 Å². The van der Waals surface area contributed by atoms with Crippen molar-refractivity contribution in [3.05, 3.63) is 45.8 Å². The zero-order valence-electron chi connectivity index (χ0n) is 15.4. The Morgan fingerprint density at radius 1 is 1.14 bits per heavy atom. The Bertz CT molecular complexity index is 893. The summed E-state index contributed by atoms with van der Waals surface area (Å²) in [6, 6.07) is 7.05. The van der Waals surface area contributed by atoms with Gasteiger partial charge in [0.1, 0.15) is 5.76 Å². The molecule has 2 aliphatic rings. The van der Waals surface area contributed by atoms with Crippen LogP contribution in [0.2, 0.25) is 0 Å². The lowest BCUT2D eigenvalue weighted by Crippen LogP contribution is -2.42. The first-order chi connectivity index (χ1) is 13.5. The maximum Gasteiger partial charge on any atom is 0.277 e. The minimum atomic E-state index is -0.343. The van der Waals surface area contributed by atoms with E-state index in [1.54, 1.807) is 24.3 Å². The smallest absolute Gasteiger partial charge is 0.277 e. The normalized spacial score (nSPS) is 21.9. The highest BCUT2D eigenvalue weighted by Gasteiger charge is 2.29. The summed E-state index contributed by atoms with van der Waals surface area (Å²) >= 11 is 3.43. The molecule has 2 saturated carbocycles. The van der Waals surface area contributed by atoms with Gasteiger partial charge < -0.3 is 20.9 Å². The minimum absolute atomic E-state index is 0.113. The highest BCUT2D eigenvalue weighted by molar-refractivity contribution is 9.10. The standard InChI is InChI=1S/C20H23BrN4O3/c21-15-8-12(19(26)23-14-3-1-2-13(22)9-14)6-7-16(15)24-20(27)17-10-18(28-25-17)11-4-5-11/h6-8,10-11,13-14H,1-5,9,22H2,(H,23,26)(H,24,27). The monoisotopic (exact) mass is 446 g/mol. The molecule has 0 bridgehead atoms. The Morgan fingerprint density at radius 3 is 2.68 bits per heavy atom. The fraction of sp³-hybridized carbons (Fsp3) is 0.450. The molecule has 2 aliphatic carbocycles.